The smallest absolute Gasteiger partial charge is 0.0728 e. The van der Waals surface area contributed by atoms with E-state index in [1.165, 1.54) is 0 Å². The molecule has 0 aromatic carbocycles. The summed E-state index contributed by atoms with van der Waals surface area (Å²) in [5, 5.41) is 0. The van der Waals surface area contributed by atoms with Crippen molar-refractivity contribution in [3.8, 4) is 0 Å². The van der Waals surface area contributed by atoms with Gasteiger partial charge in [-0.05, 0) is 6.07 Å². The maximum Gasteiger partial charge on any atom is 0.0728 e. The van der Waals surface area contributed by atoms with Gasteiger partial charge in [-0.15, -0.1) is 0 Å². The standard InChI is InChI=1S/C9H8N2.2C2H6/c1-2-5-11-9-4-6-10-7-8(9)3-1;2*1-2/h1,3-7H,2H2;2*1-2H3. The molecule has 82 valence electrons. The number of hydrogen-bond acceptors (Lipinski definition) is 2. The van der Waals surface area contributed by atoms with Gasteiger partial charge in [-0.25, -0.2) is 0 Å². The first-order valence-corrected chi connectivity index (χ1v) is 5.60. The topological polar surface area (TPSA) is 25.2 Å². The van der Waals surface area contributed by atoms with Crippen LogP contribution in [0.25, 0.3) is 6.08 Å². The molecular weight excluding hydrogens is 184 g/mol. The Bertz CT molecular complexity index is 283. The van der Waals surface area contributed by atoms with Gasteiger partial charge in [0.05, 0.1) is 5.69 Å². The molecule has 0 atom stereocenters. The molecule has 0 N–H and O–H groups in total. The molecule has 0 spiro atoms. The molecule has 15 heavy (non-hydrogen) atoms. The minimum Gasteiger partial charge on any atom is -0.264 e. The normalized spacial score (nSPS) is 11.2. The van der Waals surface area contributed by atoms with Gasteiger partial charge in [0, 0.05) is 30.6 Å². The predicted octanol–water partition coefficient (Wildman–Crippen LogP) is 4.25. The lowest BCUT2D eigenvalue weighted by Gasteiger charge is -1.94. The van der Waals surface area contributed by atoms with Gasteiger partial charge in [-0.2, -0.15) is 0 Å². The molecule has 0 amide bonds. The quantitative estimate of drug-likeness (QED) is 0.620. The molecule has 1 aliphatic heterocycles. The Morgan fingerprint density at radius 3 is 2.60 bits per heavy atom. The number of aliphatic imine (C=N–C) groups is 1. The maximum absolute atomic E-state index is 4.26. The van der Waals surface area contributed by atoms with Crippen molar-refractivity contribution >= 4 is 18.0 Å². The summed E-state index contributed by atoms with van der Waals surface area (Å²) in [6, 6.07) is 1.92. The van der Waals surface area contributed by atoms with Crippen LogP contribution in [0.5, 0.6) is 0 Å². The summed E-state index contributed by atoms with van der Waals surface area (Å²) in [5.41, 5.74) is 2.11. The van der Waals surface area contributed by atoms with Crippen LogP contribution < -0.4 is 0 Å². The summed E-state index contributed by atoms with van der Waals surface area (Å²) in [5.74, 6) is 0. The second-order valence-corrected chi connectivity index (χ2v) is 2.38. The van der Waals surface area contributed by atoms with Crippen molar-refractivity contribution in [3.63, 3.8) is 0 Å². The molecule has 1 aliphatic rings. The van der Waals surface area contributed by atoms with Gasteiger partial charge in [0.25, 0.3) is 0 Å². The van der Waals surface area contributed by atoms with Crippen molar-refractivity contribution in [3.05, 3.63) is 30.1 Å². The summed E-state index contributed by atoms with van der Waals surface area (Å²) in [6.07, 6.45) is 10.5. The predicted molar refractivity (Wildman–Crippen MR) is 68.7 cm³/mol. The van der Waals surface area contributed by atoms with E-state index in [0.29, 0.717) is 0 Å². The summed E-state index contributed by atoms with van der Waals surface area (Å²) >= 11 is 0. The minimum atomic E-state index is 0.911. The SMILES string of the molecule is C1=Cc2cnccc2N=CC1.CC.CC. The Labute approximate surface area is 92.8 Å². The molecule has 0 saturated carbocycles. The molecular formula is C13H20N2. The maximum atomic E-state index is 4.26. The van der Waals surface area contributed by atoms with E-state index in [2.05, 4.69) is 22.1 Å². The highest BCUT2D eigenvalue weighted by Crippen LogP contribution is 2.20. The van der Waals surface area contributed by atoms with E-state index in [4.69, 9.17) is 0 Å². The second kappa shape index (κ2) is 9.13. The van der Waals surface area contributed by atoms with Crippen LogP contribution in [0.1, 0.15) is 39.7 Å². The zero-order valence-electron chi connectivity index (χ0n) is 10.1. The van der Waals surface area contributed by atoms with Gasteiger partial charge in [0.2, 0.25) is 0 Å². The van der Waals surface area contributed by atoms with E-state index in [1.54, 1.807) is 6.20 Å². The average Bonchev–Trinajstić information content (AvgIpc) is 2.59. The number of allylic oxidation sites excluding steroid dienone is 1. The highest BCUT2D eigenvalue weighted by atomic mass is 14.7. The number of fused-ring (bicyclic) bond motifs is 1. The minimum absolute atomic E-state index is 0.911. The Hall–Kier alpha value is -1.44. The van der Waals surface area contributed by atoms with E-state index in [-0.39, 0.29) is 0 Å². The van der Waals surface area contributed by atoms with Crippen LogP contribution in [0, 0.1) is 0 Å². The summed E-state index contributed by atoms with van der Waals surface area (Å²) in [4.78, 5) is 8.27. The Balaban J connectivity index is 0.000000442. The number of aromatic nitrogens is 1. The average molecular weight is 204 g/mol. The van der Waals surface area contributed by atoms with Crippen molar-refractivity contribution in [2.45, 2.75) is 34.1 Å². The fourth-order valence-corrected chi connectivity index (χ4v) is 1.05. The van der Waals surface area contributed by atoms with E-state index in [1.807, 2.05) is 46.2 Å². The summed E-state index contributed by atoms with van der Waals surface area (Å²) in [6.45, 7) is 8.00. The lowest BCUT2D eigenvalue weighted by molar-refractivity contribution is 1.30. The molecule has 1 aromatic heterocycles. The highest BCUT2D eigenvalue weighted by Gasteiger charge is 1.97. The molecule has 0 radical (unpaired) electrons. The monoisotopic (exact) mass is 204 g/mol. The number of pyridine rings is 1. The third kappa shape index (κ3) is 4.54. The first kappa shape index (κ1) is 13.6. The van der Waals surface area contributed by atoms with Gasteiger partial charge in [-0.1, -0.05) is 39.8 Å². The molecule has 2 rings (SSSR count). The zero-order chi connectivity index (χ0) is 11.5. The molecule has 0 bridgehead atoms. The lowest BCUT2D eigenvalue weighted by atomic mass is 10.2. The summed E-state index contributed by atoms with van der Waals surface area (Å²) < 4.78 is 0. The van der Waals surface area contributed by atoms with E-state index in [9.17, 15) is 0 Å². The molecule has 0 saturated heterocycles. The lowest BCUT2D eigenvalue weighted by Crippen LogP contribution is -1.75. The van der Waals surface area contributed by atoms with Crippen LogP contribution in [0.4, 0.5) is 5.69 Å². The number of nitrogens with zero attached hydrogens (tertiary/aromatic N) is 2. The van der Waals surface area contributed by atoms with Gasteiger partial charge < -0.3 is 0 Å². The third-order valence-corrected chi connectivity index (χ3v) is 1.60. The van der Waals surface area contributed by atoms with Gasteiger partial charge in [0.15, 0.2) is 0 Å². The van der Waals surface area contributed by atoms with Crippen LogP contribution in [0.15, 0.2) is 29.5 Å². The highest BCUT2D eigenvalue weighted by molar-refractivity contribution is 5.74. The van der Waals surface area contributed by atoms with Crippen molar-refractivity contribution in [2.24, 2.45) is 4.99 Å². The zero-order valence-corrected chi connectivity index (χ0v) is 10.1. The Kier molecular flexibility index (Phi) is 8.25. The van der Waals surface area contributed by atoms with Gasteiger partial charge in [0.1, 0.15) is 0 Å². The van der Waals surface area contributed by atoms with Crippen molar-refractivity contribution < 1.29 is 0 Å². The van der Waals surface area contributed by atoms with Crippen molar-refractivity contribution in [2.75, 3.05) is 0 Å². The van der Waals surface area contributed by atoms with Crippen LogP contribution in [-0.2, 0) is 0 Å². The first-order valence-electron chi connectivity index (χ1n) is 5.60. The van der Waals surface area contributed by atoms with E-state index in [0.717, 1.165) is 17.7 Å². The molecule has 2 nitrogen and oxygen atoms in total. The van der Waals surface area contributed by atoms with Crippen LogP contribution in [0.2, 0.25) is 0 Å². The number of rotatable bonds is 0. The largest absolute Gasteiger partial charge is 0.264 e. The summed E-state index contributed by atoms with van der Waals surface area (Å²) in [7, 11) is 0. The molecule has 2 heterocycles. The fourth-order valence-electron chi connectivity index (χ4n) is 1.05. The molecule has 1 aromatic rings. The van der Waals surface area contributed by atoms with E-state index >= 15 is 0 Å². The van der Waals surface area contributed by atoms with Crippen LogP contribution >= 0.6 is 0 Å². The Morgan fingerprint density at radius 1 is 1.13 bits per heavy atom. The van der Waals surface area contributed by atoms with Gasteiger partial charge >= 0.3 is 0 Å². The molecule has 0 unspecified atom stereocenters. The first-order chi connectivity index (χ1) is 7.47. The molecule has 0 aliphatic carbocycles. The van der Waals surface area contributed by atoms with Gasteiger partial charge in [-0.3, -0.25) is 9.98 Å². The number of hydrogen-bond donors (Lipinski definition) is 0. The third-order valence-electron chi connectivity index (χ3n) is 1.60. The molecule has 2 heteroatoms. The van der Waals surface area contributed by atoms with Crippen molar-refractivity contribution in [1.82, 2.24) is 4.98 Å². The van der Waals surface area contributed by atoms with E-state index < -0.39 is 0 Å². The Morgan fingerprint density at radius 2 is 1.87 bits per heavy atom. The van der Waals surface area contributed by atoms with Crippen molar-refractivity contribution in [1.29, 1.82) is 0 Å². The van der Waals surface area contributed by atoms with Crippen LogP contribution in [0.3, 0.4) is 0 Å². The second-order valence-electron chi connectivity index (χ2n) is 2.38. The van der Waals surface area contributed by atoms with Crippen LogP contribution in [-0.4, -0.2) is 11.2 Å². The fraction of sp³-hybridized carbons (Fsp3) is 0.385. The molecule has 0 fully saturated rings.